The Kier molecular flexibility index (Phi) is 2.37. The Morgan fingerprint density at radius 1 is 1.09 bits per heavy atom. The molecular formula is C8H17NOSe. The maximum absolute atomic E-state index is 9.81. The molecule has 1 saturated heterocycles. The summed E-state index contributed by atoms with van der Waals surface area (Å²) in [5.41, 5.74) is -0.0243. The molecule has 0 amide bonds. The van der Waals surface area contributed by atoms with Crippen LogP contribution in [-0.4, -0.2) is 36.3 Å². The van der Waals surface area contributed by atoms with Crippen LogP contribution in [0.3, 0.4) is 0 Å². The van der Waals surface area contributed by atoms with E-state index in [2.05, 4.69) is 27.7 Å². The fourth-order valence-electron chi connectivity index (χ4n) is 1.49. The van der Waals surface area contributed by atoms with Crippen molar-refractivity contribution in [2.75, 3.05) is 0 Å². The first-order chi connectivity index (χ1) is 4.86. The Morgan fingerprint density at radius 3 is 1.73 bits per heavy atom. The van der Waals surface area contributed by atoms with E-state index in [9.17, 15) is 5.21 Å². The van der Waals surface area contributed by atoms with E-state index in [0.717, 1.165) is 10.6 Å². The summed E-state index contributed by atoms with van der Waals surface area (Å²) in [7, 11) is 0. The summed E-state index contributed by atoms with van der Waals surface area (Å²) in [6.07, 6.45) is 0. The Bertz CT molecular complexity index is 140. The van der Waals surface area contributed by atoms with Gasteiger partial charge >= 0.3 is 74.6 Å². The Hall–Kier alpha value is 0.439. The van der Waals surface area contributed by atoms with Crippen molar-refractivity contribution in [3.8, 4) is 0 Å². The number of hydrogen-bond acceptors (Lipinski definition) is 2. The average Bonchev–Trinajstić information content (AvgIpc) is 1.82. The first-order valence-electron chi connectivity index (χ1n) is 3.93. The minimum absolute atomic E-state index is 0.0122. The number of hydroxylamine groups is 2. The summed E-state index contributed by atoms with van der Waals surface area (Å²) in [5.74, 6) is 0. The molecule has 0 saturated carbocycles. The van der Waals surface area contributed by atoms with Gasteiger partial charge in [-0.2, -0.15) is 0 Å². The molecule has 0 atom stereocenters. The normalized spacial score (nSPS) is 30.3. The quantitative estimate of drug-likeness (QED) is 0.631. The maximum atomic E-state index is 9.81. The van der Waals surface area contributed by atoms with Crippen LogP contribution < -0.4 is 0 Å². The Morgan fingerprint density at radius 2 is 1.45 bits per heavy atom. The van der Waals surface area contributed by atoms with E-state index in [0.29, 0.717) is 15.0 Å². The fraction of sp³-hybridized carbons (Fsp3) is 1.00. The third-order valence-electron chi connectivity index (χ3n) is 2.06. The van der Waals surface area contributed by atoms with E-state index in [4.69, 9.17) is 0 Å². The van der Waals surface area contributed by atoms with Crippen LogP contribution in [0.1, 0.15) is 27.7 Å². The van der Waals surface area contributed by atoms with Crippen LogP contribution in [0.25, 0.3) is 0 Å². The van der Waals surface area contributed by atoms with E-state index < -0.39 is 0 Å². The minimum atomic E-state index is -0.0122. The summed E-state index contributed by atoms with van der Waals surface area (Å²) in [5, 5.41) is 13.6. The van der Waals surface area contributed by atoms with Gasteiger partial charge in [-0.05, 0) is 0 Å². The van der Waals surface area contributed by atoms with E-state index in [1.807, 2.05) is 0 Å². The first-order valence-corrected chi connectivity index (χ1v) is 6.35. The summed E-state index contributed by atoms with van der Waals surface area (Å²) in [6, 6.07) is 0. The molecule has 1 aliphatic rings. The van der Waals surface area contributed by atoms with Crippen LogP contribution in [0.5, 0.6) is 0 Å². The van der Waals surface area contributed by atoms with Gasteiger partial charge in [0.15, 0.2) is 0 Å². The van der Waals surface area contributed by atoms with Crippen molar-refractivity contribution in [2.24, 2.45) is 0 Å². The zero-order valence-corrected chi connectivity index (χ0v) is 9.43. The second-order valence-electron chi connectivity index (χ2n) is 4.43. The van der Waals surface area contributed by atoms with Crippen LogP contribution in [0.2, 0.25) is 10.6 Å². The van der Waals surface area contributed by atoms with Gasteiger partial charge in [0.2, 0.25) is 0 Å². The summed E-state index contributed by atoms with van der Waals surface area (Å²) >= 11 is 0.701. The van der Waals surface area contributed by atoms with Gasteiger partial charge in [0.25, 0.3) is 0 Å². The van der Waals surface area contributed by atoms with Crippen molar-refractivity contribution in [1.82, 2.24) is 5.06 Å². The van der Waals surface area contributed by atoms with Crippen molar-refractivity contribution in [2.45, 2.75) is 49.4 Å². The molecule has 0 unspecified atom stereocenters. The van der Waals surface area contributed by atoms with Crippen LogP contribution in [-0.2, 0) is 0 Å². The Labute approximate surface area is 75.1 Å². The third-order valence-corrected chi connectivity index (χ3v) is 5.88. The molecule has 1 rings (SSSR count). The van der Waals surface area contributed by atoms with Crippen LogP contribution in [0.15, 0.2) is 0 Å². The molecule has 1 fully saturated rings. The monoisotopic (exact) mass is 223 g/mol. The molecule has 2 nitrogen and oxygen atoms in total. The predicted octanol–water partition coefficient (Wildman–Crippen LogP) is 1.79. The molecule has 11 heavy (non-hydrogen) atoms. The number of nitrogens with zero attached hydrogens (tertiary/aromatic N) is 1. The van der Waals surface area contributed by atoms with Crippen LogP contribution in [0, 0.1) is 0 Å². The molecule has 3 heteroatoms. The summed E-state index contributed by atoms with van der Waals surface area (Å²) in [4.78, 5) is 0. The van der Waals surface area contributed by atoms with Gasteiger partial charge in [-0.25, -0.2) is 0 Å². The van der Waals surface area contributed by atoms with Crippen molar-refractivity contribution in [3.63, 3.8) is 0 Å². The van der Waals surface area contributed by atoms with Crippen LogP contribution >= 0.6 is 0 Å². The topological polar surface area (TPSA) is 23.5 Å². The molecule has 0 aromatic carbocycles. The molecule has 0 aromatic rings. The molecule has 1 aliphatic heterocycles. The fourth-order valence-corrected chi connectivity index (χ4v) is 4.32. The molecular weight excluding hydrogens is 205 g/mol. The van der Waals surface area contributed by atoms with Gasteiger partial charge in [-0.3, -0.25) is 0 Å². The average molecular weight is 222 g/mol. The second-order valence-corrected chi connectivity index (χ2v) is 6.50. The first kappa shape index (κ1) is 9.53. The third kappa shape index (κ3) is 1.78. The van der Waals surface area contributed by atoms with E-state index in [-0.39, 0.29) is 11.1 Å². The SMILES string of the molecule is CC1(C)C[Se]CC(C)(C)N1O. The van der Waals surface area contributed by atoms with Gasteiger partial charge in [0.1, 0.15) is 0 Å². The second kappa shape index (κ2) is 2.74. The zero-order chi connectivity index (χ0) is 8.70. The predicted molar refractivity (Wildman–Crippen MR) is 47.2 cm³/mol. The Balaban J connectivity index is 2.76. The summed E-state index contributed by atoms with van der Waals surface area (Å²) < 4.78 is 0. The van der Waals surface area contributed by atoms with Crippen molar-refractivity contribution in [3.05, 3.63) is 0 Å². The molecule has 66 valence electrons. The standard InChI is InChI=1S/C8H17NOSe/c1-7(2)5-11-6-8(3,4)9(7)10/h10H,5-6H2,1-4H3. The molecule has 0 aliphatic carbocycles. The van der Waals surface area contributed by atoms with Crippen molar-refractivity contribution >= 4 is 15.0 Å². The number of hydrogen-bond donors (Lipinski definition) is 1. The molecule has 1 heterocycles. The molecule has 0 aromatic heterocycles. The summed E-state index contributed by atoms with van der Waals surface area (Å²) in [6.45, 7) is 8.43. The molecule has 0 bridgehead atoms. The molecule has 1 N–H and O–H groups in total. The van der Waals surface area contributed by atoms with Crippen molar-refractivity contribution < 1.29 is 5.21 Å². The van der Waals surface area contributed by atoms with E-state index in [1.165, 1.54) is 5.06 Å². The van der Waals surface area contributed by atoms with Crippen molar-refractivity contribution in [1.29, 1.82) is 0 Å². The van der Waals surface area contributed by atoms with Gasteiger partial charge in [-0.15, -0.1) is 0 Å². The van der Waals surface area contributed by atoms with Crippen LogP contribution in [0.4, 0.5) is 0 Å². The van der Waals surface area contributed by atoms with E-state index >= 15 is 0 Å². The van der Waals surface area contributed by atoms with E-state index in [1.54, 1.807) is 0 Å². The zero-order valence-electron chi connectivity index (χ0n) is 7.72. The van der Waals surface area contributed by atoms with Gasteiger partial charge in [0.05, 0.1) is 0 Å². The molecule has 0 spiro atoms. The molecule has 0 radical (unpaired) electrons. The van der Waals surface area contributed by atoms with Gasteiger partial charge in [-0.1, -0.05) is 0 Å². The number of rotatable bonds is 0. The van der Waals surface area contributed by atoms with Gasteiger partial charge < -0.3 is 0 Å². The van der Waals surface area contributed by atoms with Gasteiger partial charge in [0, 0.05) is 0 Å².